The van der Waals surface area contributed by atoms with Crippen LogP contribution in [0.2, 0.25) is 0 Å². The van der Waals surface area contributed by atoms with E-state index in [-0.39, 0.29) is 24.0 Å². The van der Waals surface area contributed by atoms with Gasteiger partial charge in [0, 0.05) is 25.7 Å². The maximum Gasteiger partial charge on any atom is 0.189 e. The molecule has 1 aliphatic rings. The molecule has 1 heterocycles. The van der Waals surface area contributed by atoms with Gasteiger partial charge in [-0.15, -0.1) is 24.0 Å². The second-order valence-electron chi connectivity index (χ2n) is 6.39. The zero-order valence-corrected chi connectivity index (χ0v) is 17.3. The van der Waals surface area contributed by atoms with Gasteiger partial charge < -0.3 is 15.8 Å². The first-order chi connectivity index (χ1) is 11.1. The van der Waals surface area contributed by atoms with E-state index in [4.69, 9.17) is 10.5 Å². The van der Waals surface area contributed by atoms with Crippen LogP contribution in [0.25, 0.3) is 0 Å². The van der Waals surface area contributed by atoms with E-state index >= 15 is 0 Å². The second kappa shape index (κ2) is 10.9. The summed E-state index contributed by atoms with van der Waals surface area (Å²) in [5, 5.41) is 3.19. The lowest BCUT2D eigenvalue weighted by Gasteiger charge is -2.31. The van der Waals surface area contributed by atoms with Crippen LogP contribution >= 0.6 is 24.0 Å². The Morgan fingerprint density at radius 3 is 2.92 bits per heavy atom. The molecule has 0 aliphatic carbocycles. The minimum absolute atomic E-state index is 0. The molecule has 0 amide bonds. The number of ether oxygens (including phenoxy) is 1. The molecule has 0 bridgehead atoms. The van der Waals surface area contributed by atoms with Crippen LogP contribution in [0.15, 0.2) is 29.3 Å². The highest BCUT2D eigenvalue weighted by Gasteiger charge is 2.16. The Balaban J connectivity index is 0.00000288. The number of guanidine groups is 1. The largest absolute Gasteiger partial charge is 0.376 e. The molecule has 24 heavy (non-hydrogen) atoms. The highest BCUT2D eigenvalue weighted by Crippen LogP contribution is 2.12. The molecule has 0 saturated carbocycles. The molecule has 6 heteroatoms. The summed E-state index contributed by atoms with van der Waals surface area (Å²) in [6.45, 7) is 10.8. The van der Waals surface area contributed by atoms with Gasteiger partial charge in [0.05, 0.1) is 19.3 Å². The number of nitrogens with two attached hydrogens (primary N) is 1. The summed E-state index contributed by atoms with van der Waals surface area (Å²) in [5.74, 6) is 0.520. The highest BCUT2D eigenvalue weighted by atomic mass is 127. The molecule has 1 aromatic rings. The molecule has 3 N–H and O–H groups in total. The fourth-order valence-electron chi connectivity index (χ4n) is 2.70. The zero-order chi connectivity index (χ0) is 16.7. The van der Waals surface area contributed by atoms with Crippen LogP contribution in [0, 0.1) is 0 Å². The Hall–Kier alpha value is -0.860. The van der Waals surface area contributed by atoms with Gasteiger partial charge in [0.2, 0.25) is 0 Å². The molecule has 136 valence electrons. The Kier molecular flexibility index (Phi) is 9.61. The van der Waals surface area contributed by atoms with Crippen molar-refractivity contribution in [3.05, 3.63) is 35.4 Å². The number of benzene rings is 1. The first-order valence-corrected chi connectivity index (χ1v) is 8.55. The molecule has 1 fully saturated rings. The highest BCUT2D eigenvalue weighted by molar-refractivity contribution is 14.0. The number of hydrogen-bond donors (Lipinski definition) is 2. The fraction of sp³-hybridized carbons (Fsp3) is 0.611. The monoisotopic (exact) mass is 446 g/mol. The summed E-state index contributed by atoms with van der Waals surface area (Å²) in [6.07, 6.45) is 1.35. The van der Waals surface area contributed by atoms with Crippen molar-refractivity contribution in [3.63, 3.8) is 0 Å². The van der Waals surface area contributed by atoms with Crippen LogP contribution in [-0.4, -0.2) is 42.7 Å². The van der Waals surface area contributed by atoms with E-state index in [1.54, 1.807) is 0 Å². The van der Waals surface area contributed by atoms with Crippen LogP contribution in [0.3, 0.4) is 0 Å². The summed E-state index contributed by atoms with van der Waals surface area (Å²) < 4.78 is 5.59. The zero-order valence-electron chi connectivity index (χ0n) is 15.0. The van der Waals surface area contributed by atoms with Gasteiger partial charge in [-0.3, -0.25) is 4.90 Å². The number of nitrogens with one attached hydrogen (secondary N) is 1. The van der Waals surface area contributed by atoms with Gasteiger partial charge in [-0.05, 0) is 31.4 Å². The number of aliphatic imine (C=N–C) groups is 1. The first-order valence-electron chi connectivity index (χ1n) is 8.55. The molecule has 2 unspecified atom stereocenters. The van der Waals surface area contributed by atoms with Crippen molar-refractivity contribution in [2.45, 2.75) is 52.4 Å². The third kappa shape index (κ3) is 7.36. The van der Waals surface area contributed by atoms with E-state index in [0.29, 0.717) is 24.7 Å². The Morgan fingerprint density at radius 1 is 1.46 bits per heavy atom. The van der Waals surface area contributed by atoms with Crippen molar-refractivity contribution in [3.8, 4) is 0 Å². The minimum Gasteiger partial charge on any atom is -0.376 e. The van der Waals surface area contributed by atoms with Crippen LogP contribution in [0.5, 0.6) is 0 Å². The molecule has 2 atom stereocenters. The van der Waals surface area contributed by atoms with Gasteiger partial charge in [0.1, 0.15) is 0 Å². The van der Waals surface area contributed by atoms with Crippen molar-refractivity contribution in [1.82, 2.24) is 10.2 Å². The average Bonchev–Trinajstić information content (AvgIpc) is 2.53. The normalized spacial score (nSPS) is 20.3. The fourth-order valence-corrected chi connectivity index (χ4v) is 2.70. The van der Waals surface area contributed by atoms with Gasteiger partial charge in [0.15, 0.2) is 5.96 Å². The van der Waals surface area contributed by atoms with E-state index in [1.165, 1.54) is 11.1 Å². The first kappa shape index (κ1) is 21.2. The van der Waals surface area contributed by atoms with Gasteiger partial charge in [0.25, 0.3) is 0 Å². The van der Waals surface area contributed by atoms with E-state index < -0.39 is 0 Å². The summed E-state index contributed by atoms with van der Waals surface area (Å²) in [6, 6.07) is 8.95. The Labute approximate surface area is 163 Å². The number of rotatable bonds is 6. The maximum atomic E-state index is 5.92. The third-order valence-corrected chi connectivity index (χ3v) is 4.16. The van der Waals surface area contributed by atoms with Crippen LogP contribution < -0.4 is 11.1 Å². The van der Waals surface area contributed by atoms with Crippen molar-refractivity contribution < 1.29 is 4.74 Å². The number of nitrogens with zero attached hydrogens (tertiary/aromatic N) is 2. The molecular weight excluding hydrogens is 415 g/mol. The molecule has 5 nitrogen and oxygen atoms in total. The van der Waals surface area contributed by atoms with E-state index in [0.717, 1.165) is 32.7 Å². The summed E-state index contributed by atoms with van der Waals surface area (Å²) >= 11 is 0. The average molecular weight is 446 g/mol. The van der Waals surface area contributed by atoms with Crippen molar-refractivity contribution in [1.29, 1.82) is 0 Å². The van der Waals surface area contributed by atoms with E-state index in [1.807, 2.05) is 0 Å². The molecule has 2 rings (SSSR count). The summed E-state index contributed by atoms with van der Waals surface area (Å²) in [5.41, 5.74) is 8.43. The predicted molar refractivity (Wildman–Crippen MR) is 111 cm³/mol. The molecule has 0 aromatic heterocycles. The third-order valence-electron chi connectivity index (χ3n) is 4.16. The molecule has 1 aromatic carbocycles. The molecule has 1 aliphatic heterocycles. The molecular formula is C18H31IN4O. The predicted octanol–water partition coefficient (Wildman–Crippen LogP) is 2.73. The number of hydrogen-bond acceptors (Lipinski definition) is 3. The van der Waals surface area contributed by atoms with E-state index in [2.05, 4.69) is 60.2 Å². The number of morpholine rings is 1. The molecule has 0 radical (unpaired) electrons. The number of halogens is 1. The van der Waals surface area contributed by atoms with Crippen molar-refractivity contribution >= 4 is 29.9 Å². The molecule has 1 saturated heterocycles. The van der Waals surface area contributed by atoms with Crippen molar-refractivity contribution in [2.75, 3.05) is 19.7 Å². The van der Waals surface area contributed by atoms with Crippen molar-refractivity contribution in [2.24, 2.45) is 10.7 Å². The Morgan fingerprint density at radius 2 is 2.21 bits per heavy atom. The van der Waals surface area contributed by atoms with Gasteiger partial charge in [-0.1, -0.05) is 31.2 Å². The lowest BCUT2D eigenvalue weighted by Crippen LogP contribution is -2.40. The van der Waals surface area contributed by atoms with Crippen LogP contribution in [0.1, 0.15) is 38.3 Å². The standard InChI is InChI=1S/C18H30N4O.HI/c1-4-14(2)21-18(19)20-11-16-6-5-7-17(10-16)13-22-8-9-23-15(3)12-22;/h5-7,10,14-15H,4,8-9,11-13H2,1-3H3,(H3,19,20,21);1H. The SMILES string of the molecule is CCC(C)NC(N)=NCc1cccc(CN2CCOC(C)C2)c1.I. The van der Waals surface area contributed by atoms with Crippen LogP contribution in [0.4, 0.5) is 0 Å². The summed E-state index contributed by atoms with van der Waals surface area (Å²) in [4.78, 5) is 6.87. The maximum absolute atomic E-state index is 5.92. The Bertz CT molecular complexity index is 523. The topological polar surface area (TPSA) is 62.9 Å². The van der Waals surface area contributed by atoms with E-state index in [9.17, 15) is 0 Å². The molecule has 0 spiro atoms. The second-order valence-corrected chi connectivity index (χ2v) is 6.39. The lowest BCUT2D eigenvalue weighted by molar-refractivity contribution is -0.0212. The van der Waals surface area contributed by atoms with Gasteiger partial charge >= 0.3 is 0 Å². The smallest absolute Gasteiger partial charge is 0.189 e. The van der Waals surface area contributed by atoms with Gasteiger partial charge in [-0.25, -0.2) is 4.99 Å². The minimum atomic E-state index is 0. The quantitative estimate of drug-likeness (QED) is 0.401. The van der Waals surface area contributed by atoms with Crippen LogP contribution in [-0.2, 0) is 17.8 Å². The summed E-state index contributed by atoms with van der Waals surface area (Å²) in [7, 11) is 0. The van der Waals surface area contributed by atoms with Gasteiger partial charge in [-0.2, -0.15) is 0 Å². The lowest BCUT2D eigenvalue weighted by atomic mass is 10.1.